The van der Waals surface area contributed by atoms with Gasteiger partial charge in [-0.15, -0.1) is 0 Å². The molecule has 0 saturated carbocycles. The van der Waals surface area contributed by atoms with Gasteiger partial charge in [-0.25, -0.2) is 4.99 Å². The number of benzene rings is 2. The average Bonchev–Trinajstić information content (AvgIpc) is 3.10. The molecule has 5 nitrogen and oxygen atoms in total. The van der Waals surface area contributed by atoms with E-state index in [-0.39, 0.29) is 0 Å². The predicted octanol–water partition coefficient (Wildman–Crippen LogP) is 4.73. The molecule has 0 aliphatic carbocycles. The Labute approximate surface area is 184 Å². The summed E-state index contributed by atoms with van der Waals surface area (Å²) in [5, 5.41) is 1.27. The number of rotatable bonds is 3. The highest BCUT2D eigenvalue weighted by molar-refractivity contribution is 6.35. The number of nitrogens with two attached hydrogens (primary N) is 1. The summed E-state index contributed by atoms with van der Waals surface area (Å²) in [6.07, 6.45) is 4.49. The van der Waals surface area contributed by atoms with Crippen molar-refractivity contribution < 1.29 is 0 Å². The smallest absolute Gasteiger partial charge is 0.198 e. The van der Waals surface area contributed by atoms with E-state index in [1.165, 1.54) is 0 Å². The van der Waals surface area contributed by atoms with Crippen molar-refractivity contribution >= 4 is 35.0 Å². The number of hydrogen-bond donors (Lipinski definition) is 1. The van der Waals surface area contributed by atoms with Crippen molar-refractivity contribution in [2.24, 2.45) is 15.7 Å². The Bertz CT molecular complexity index is 1180. The van der Waals surface area contributed by atoms with E-state index in [9.17, 15) is 0 Å². The largest absolute Gasteiger partial charge is 0.369 e. The van der Waals surface area contributed by atoms with Gasteiger partial charge >= 0.3 is 0 Å². The van der Waals surface area contributed by atoms with Crippen LogP contribution < -0.4 is 5.73 Å². The van der Waals surface area contributed by atoms with E-state index < -0.39 is 5.54 Å². The van der Waals surface area contributed by atoms with Crippen LogP contribution in [0.25, 0.3) is 11.1 Å². The van der Waals surface area contributed by atoms with Crippen LogP contribution in [0, 0.1) is 0 Å². The third-order valence-electron chi connectivity index (χ3n) is 5.56. The molecule has 7 heteroatoms. The zero-order valence-electron chi connectivity index (χ0n) is 16.1. The van der Waals surface area contributed by atoms with Crippen molar-refractivity contribution in [3.05, 3.63) is 88.2 Å². The van der Waals surface area contributed by atoms with E-state index in [0.29, 0.717) is 16.0 Å². The SMILES string of the molecule is NC1=NC(c2ccncc2)(c2cccc(-c3cc(Cl)ccc3Cl)c2)C2=NCCCN12. The van der Waals surface area contributed by atoms with Gasteiger partial charge in [0.2, 0.25) is 0 Å². The van der Waals surface area contributed by atoms with Gasteiger partial charge < -0.3 is 5.73 Å². The highest BCUT2D eigenvalue weighted by atomic mass is 35.5. The first-order valence-corrected chi connectivity index (χ1v) is 10.5. The van der Waals surface area contributed by atoms with Crippen LogP contribution in [0.3, 0.4) is 0 Å². The van der Waals surface area contributed by atoms with Gasteiger partial charge in [-0.3, -0.25) is 14.9 Å². The first kappa shape index (κ1) is 19.1. The third-order valence-corrected chi connectivity index (χ3v) is 6.12. The molecular weight excluding hydrogens is 417 g/mol. The fourth-order valence-corrected chi connectivity index (χ4v) is 4.60. The summed E-state index contributed by atoms with van der Waals surface area (Å²) in [5.74, 6) is 1.34. The van der Waals surface area contributed by atoms with Gasteiger partial charge in [-0.05, 0) is 59.5 Å². The average molecular weight is 436 g/mol. The Morgan fingerprint density at radius 3 is 2.63 bits per heavy atom. The van der Waals surface area contributed by atoms with E-state index in [1.54, 1.807) is 18.5 Å². The lowest BCUT2D eigenvalue weighted by atomic mass is 9.81. The van der Waals surface area contributed by atoms with Crippen LogP contribution in [0.15, 0.2) is 77.0 Å². The second-order valence-electron chi connectivity index (χ2n) is 7.33. The van der Waals surface area contributed by atoms with Crippen molar-refractivity contribution in [1.29, 1.82) is 0 Å². The number of fused-ring (bicyclic) bond motifs is 1. The topological polar surface area (TPSA) is 66.9 Å². The molecule has 2 aliphatic rings. The quantitative estimate of drug-likeness (QED) is 0.646. The van der Waals surface area contributed by atoms with E-state index in [4.69, 9.17) is 38.9 Å². The minimum Gasteiger partial charge on any atom is -0.369 e. The second kappa shape index (κ2) is 7.42. The minimum atomic E-state index is -0.825. The molecule has 30 heavy (non-hydrogen) atoms. The van der Waals surface area contributed by atoms with Gasteiger partial charge in [0.05, 0.1) is 0 Å². The highest BCUT2D eigenvalue weighted by Crippen LogP contribution is 2.43. The molecule has 1 atom stereocenters. The van der Waals surface area contributed by atoms with Crippen molar-refractivity contribution in [3.8, 4) is 11.1 Å². The summed E-state index contributed by atoms with van der Waals surface area (Å²) in [7, 11) is 0. The summed E-state index contributed by atoms with van der Waals surface area (Å²) in [6.45, 7) is 1.56. The summed E-state index contributed by atoms with van der Waals surface area (Å²) < 4.78 is 0. The highest BCUT2D eigenvalue weighted by Gasteiger charge is 2.49. The molecule has 0 radical (unpaired) electrons. The first-order chi connectivity index (χ1) is 14.6. The van der Waals surface area contributed by atoms with Crippen molar-refractivity contribution in [1.82, 2.24) is 9.88 Å². The number of halogens is 2. The molecule has 1 aromatic heterocycles. The van der Waals surface area contributed by atoms with Crippen LogP contribution in [0.5, 0.6) is 0 Å². The molecule has 1 unspecified atom stereocenters. The van der Waals surface area contributed by atoms with E-state index in [2.05, 4.69) is 17.1 Å². The number of nitrogens with zero attached hydrogens (tertiary/aromatic N) is 4. The van der Waals surface area contributed by atoms with Crippen LogP contribution >= 0.6 is 23.2 Å². The van der Waals surface area contributed by atoms with E-state index in [1.807, 2.05) is 41.3 Å². The summed E-state index contributed by atoms with van der Waals surface area (Å²) in [5.41, 5.74) is 9.31. The van der Waals surface area contributed by atoms with Crippen LogP contribution in [-0.4, -0.2) is 34.8 Å². The fraction of sp³-hybridized carbons (Fsp3) is 0.174. The number of pyridine rings is 1. The van der Waals surface area contributed by atoms with Gasteiger partial charge in [0.15, 0.2) is 11.5 Å². The second-order valence-corrected chi connectivity index (χ2v) is 8.18. The zero-order valence-corrected chi connectivity index (χ0v) is 17.6. The molecule has 0 bridgehead atoms. The lowest BCUT2D eigenvalue weighted by Crippen LogP contribution is -2.46. The standard InChI is InChI=1S/C23H19Cl2N5/c24-18-5-6-20(25)19(14-18)15-3-1-4-17(13-15)23(16-7-10-27-11-8-16)21-28-9-2-12-30(21)22(26)29-23/h1,3-8,10-11,13-14H,2,9,12H2,(H2,26,29). The van der Waals surface area contributed by atoms with Gasteiger partial charge in [0, 0.05) is 41.1 Å². The Morgan fingerprint density at radius 1 is 0.967 bits per heavy atom. The van der Waals surface area contributed by atoms with Gasteiger partial charge in [0.25, 0.3) is 0 Å². The Morgan fingerprint density at radius 2 is 1.80 bits per heavy atom. The lowest BCUT2D eigenvalue weighted by Gasteiger charge is -2.33. The number of aromatic nitrogens is 1. The monoisotopic (exact) mass is 435 g/mol. The van der Waals surface area contributed by atoms with Crippen LogP contribution in [0.4, 0.5) is 0 Å². The fourth-order valence-electron chi connectivity index (χ4n) is 4.20. The number of amidine groups is 1. The maximum absolute atomic E-state index is 6.48. The van der Waals surface area contributed by atoms with Crippen molar-refractivity contribution in [2.75, 3.05) is 13.1 Å². The van der Waals surface area contributed by atoms with Gasteiger partial charge in [0.1, 0.15) is 5.84 Å². The molecule has 2 N–H and O–H groups in total. The minimum absolute atomic E-state index is 0.483. The molecule has 0 fully saturated rings. The zero-order chi connectivity index (χ0) is 20.7. The maximum Gasteiger partial charge on any atom is 0.198 e. The maximum atomic E-state index is 6.48. The van der Waals surface area contributed by atoms with Crippen LogP contribution in [0.2, 0.25) is 10.0 Å². The molecule has 3 aromatic rings. The van der Waals surface area contributed by atoms with Gasteiger partial charge in [-0.1, -0.05) is 41.4 Å². The summed E-state index contributed by atoms with van der Waals surface area (Å²) in [6, 6.07) is 17.6. The Kier molecular flexibility index (Phi) is 4.72. The predicted molar refractivity (Wildman–Crippen MR) is 122 cm³/mol. The van der Waals surface area contributed by atoms with Crippen molar-refractivity contribution in [3.63, 3.8) is 0 Å². The van der Waals surface area contributed by atoms with E-state index in [0.717, 1.165) is 47.6 Å². The number of guanidine groups is 1. The first-order valence-electron chi connectivity index (χ1n) is 9.74. The summed E-state index contributed by atoms with van der Waals surface area (Å²) in [4.78, 5) is 16.0. The number of hydrogen-bond acceptors (Lipinski definition) is 5. The van der Waals surface area contributed by atoms with Crippen LogP contribution in [-0.2, 0) is 5.54 Å². The molecule has 2 aromatic carbocycles. The molecule has 0 spiro atoms. The molecule has 3 heterocycles. The molecule has 0 amide bonds. The summed E-state index contributed by atoms with van der Waals surface area (Å²) >= 11 is 12.7. The molecule has 2 aliphatic heterocycles. The van der Waals surface area contributed by atoms with Crippen molar-refractivity contribution in [2.45, 2.75) is 12.0 Å². The Balaban J connectivity index is 1.75. The molecule has 150 valence electrons. The molecular formula is C23H19Cl2N5. The molecule has 0 saturated heterocycles. The number of aliphatic imine (C=N–C) groups is 2. The Hall–Kier alpha value is -2.89. The van der Waals surface area contributed by atoms with E-state index >= 15 is 0 Å². The lowest BCUT2D eigenvalue weighted by molar-refractivity contribution is 0.531. The third kappa shape index (κ3) is 2.97. The normalized spacial score (nSPS) is 20.5. The molecule has 5 rings (SSSR count). The van der Waals surface area contributed by atoms with Gasteiger partial charge in [-0.2, -0.15) is 0 Å². The van der Waals surface area contributed by atoms with Crippen LogP contribution in [0.1, 0.15) is 17.5 Å².